The summed E-state index contributed by atoms with van der Waals surface area (Å²) in [4.78, 5) is 16.1. The third-order valence-corrected chi connectivity index (χ3v) is 4.37. The zero-order chi connectivity index (χ0) is 22.0. The molecule has 0 saturated carbocycles. The first kappa shape index (κ1) is 20.6. The van der Waals surface area contributed by atoms with Crippen molar-refractivity contribution in [2.45, 2.75) is 19.5 Å². The molecule has 0 N–H and O–H groups in total. The molecule has 2 aromatic heterocycles. The number of imidazole rings is 1. The molecule has 0 radical (unpaired) electrons. The van der Waals surface area contributed by atoms with Gasteiger partial charge in [-0.3, -0.25) is 9.47 Å². The number of hydrogen-bond acceptors (Lipinski definition) is 9. The number of alkyl halides is 3. The lowest BCUT2D eigenvalue weighted by Crippen LogP contribution is -2.33. The van der Waals surface area contributed by atoms with Crippen molar-refractivity contribution in [1.82, 2.24) is 24.6 Å². The molecule has 0 fully saturated rings. The van der Waals surface area contributed by atoms with Crippen LogP contribution in [0.3, 0.4) is 0 Å². The summed E-state index contributed by atoms with van der Waals surface area (Å²) in [6.07, 6.45) is -3.45. The fourth-order valence-electron chi connectivity index (χ4n) is 2.96. The maximum Gasteiger partial charge on any atom is 0.573 e. The van der Waals surface area contributed by atoms with Gasteiger partial charge in [-0.2, -0.15) is 0 Å². The maximum absolute atomic E-state index is 12.3. The molecule has 3 aromatic rings. The first-order chi connectivity index (χ1) is 14.8. The number of nitrogens with zero attached hydrogens (tertiary/aromatic N) is 6. The van der Waals surface area contributed by atoms with Crippen LogP contribution in [0.4, 0.5) is 19.0 Å². The van der Waals surface area contributed by atoms with Crippen LogP contribution in [0.1, 0.15) is 5.89 Å². The summed E-state index contributed by atoms with van der Waals surface area (Å²) in [7, 11) is 0. The lowest BCUT2D eigenvalue weighted by Gasteiger charge is -2.22. The van der Waals surface area contributed by atoms with Crippen LogP contribution in [-0.4, -0.2) is 55.6 Å². The molecule has 1 aromatic carbocycles. The average Bonchev–Trinajstić information content (AvgIpc) is 3.30. The van der Waals surface area contributed by atoms with Crippen LogP contribution in [0.2, 0.25) is 0 Å². The number of hydrogen-bond donors (Lipinski definition) is 0. The molecule has 0 atom stereocenters. The lowest BCUT2D eigenvalue weighted by atomic mass is 10.2. The Morgan fingerprint density at radius 3 is 2.65 bits per heavy atom. The molecule has 1 aliphatic heterocycles. The van der Waals surface area contributed by atoms with Gasteiger partial charge in [-0.15, -0.1) is 23.4 Å². The third kappa shape index (κ3) is 5.09. The molecular formula is C17H15F3N6O5. The van der Waals surface area contributed by atoms with Gasteiger partial charge in [0.25, 0.3) is 0 Å². The van der Waals surface area contributed by atoms with Gasteiger partial charge in [0.15, 0.2) is 0 Å². The molecule has 164 valence electrons. The maximum atomic E-state index is 12.3. The molecule has 0 spiro atoms. The molecule has 14 heteroatoms. The van der Waals surface area contributed by atoms with Crippen LogP contribution < -0.4 is 9.47 Å². The summed E-state index contributed by atoms with van der Waals surface area (Å²) >= 11 is 0. The van der Waals surface area contributed by atoms with Crippen molar-refractivity contribution in [1.29, 1.82) is 0 Å². The zero-order valence-corrected chi connectivity index (χ0v) is 15.8. The van der Waals surface area contributed by atoms with Crippen molar-refractivity contribution in [3.05, 3.63) is 46.5 Å². The number of halogens is 3. The van der Waals surface area contributed by atoms with E-state index in [1.54, 1.807) is 4.57 Å². The van der Waals surface area contributed by atoms with E-state index in [-0.39, 0.29) is 30.1 Å². The van der Waals surface area contributed by atoms with E-state index in [0.717, 1.165) is 12.1 Å². The molecule has 0 amide bonds. The topological polar surface area (TPSA) is 122 Å². The van der Waals surface area contributed by atoms with Gasteiger partial charge < -0.3 is 24.0 Å². The first-order valence-electron chi connectivity index (χ1n) is 9.02. The van der Waals surface area contributed by atoms with Gasteiger partial charge in [0, 0.05) is 30.2 Å². The van der Waals surface area contributed by atoms with Crippen LogP contribution in [0.15, 0.2) is 34.9 Å². The van der Waals surface area contributed by atoms with Gasteiger partial charge in [-0.25, -0.2) is 0 Å². The number of fused-ring (bicyclic) bond motifs is 1. The van der Waals surface area contributed by atoms with E-state index in [0.29, 0.717) is 37.6 Å². The molecule has 1 aliphatic rings. The Labute approximate surface area is 172 Å². The second-order valence-electron chi connectivity index (χ2n) is 6.53. The van der Waals surface area contributed by atoms with Gasteiger partial charge in [-0.1, -0.05) is 0 Å². The van der Waals surface area contributed by atoms with E-state index in [9.17, 15) is 23.3 Å². The Morgan fingerprint density at radius 2 is 1.94 bits per heavy atom. The lowest BCUT2D eigenvalue weighted by molar-refractivity contribution is -0.389. The molecule has 0 bridgehead atoms. The van der Waals surface area contributed by atoms with Gasteiger partial charge in [0.2, 0.25) is 11.8 Å². The molecule has 11 nitrogen and oxygen atoms in total. The van der Waals surface area contributed by atoms with Gasteiger partial charge in [-0.05, 0) is 29.2 Å². The Kier molecular flexibility index (Phi) is 5.46. The van der Waals surface area contributed by atoms with Gasteiger partial charge >= 0.3 is 18.2 Å². The molecule has 31 heavy (non-hydrogen) atoms. The number of benzene rings is 1. The number of rotatable bonds is 5. The van der Waals surface area contributed by atoms with Crippen molar-refractivity contribution >= 4 is 5.82 Å². The summed E-state index contributed by atoms with van der Waals surface area (Å²) in [6, 6.07) is 5.28. The Bertz CT molecular complexity index is 1070. The van der Waals surface area contributed by atoms with Crippen LogP contribution >= 0.6 is 0 Å². The smallest absolute Gasteiger partial charge is 0.444 e. The second-order valence-corrected chi connectivity index (χ2v) is 6.53. The summed E-state index contributed by atoms with van der Waals surface area (Å²) in [6.45, 7) is 2.01. The monoisotopic (exact) mass is 440 g/mol. The van der Waals surface area contributed by atoms with Crippen molar-refractivity contribution in [3.8, 4) is 23.2 Å². The van der Waals surface area contributed by atoms with Crippen molar-refractivity contribution < 1.29 is 32.0 Å². The van der Waals surface area contributed by atoms with Crippen LogP contribution in [-0.2, 0) is 13.1 Å². The van der Waals surface area contributed by atoms with Crippen LogP contribution in [0.25, 0.3) is 11.5 Å². The zero-order valence-electron chi connectivity index (χ0n) is 15.8. The molecule has 0 aliphatic carbocycles. The van der Waals surface area contributed by atoms with E-state index in [1.807, 2.05) is 4.90 Å². The summed E-state index contributed by atoms with van der Waals surface area (Å²) in [5, 5.41) is 18.8. The van der Waals surface area contributed by atoms with Crippen molar-refractivity contribution in [3.63, 3.8) is 0 Å². The molecular weight excluding hydrogens is 425 g/mol. The number of ether oxygens (including phenoxy) is 2. The highest BCUT2D eigenvalue weighted by molar-refractivity contribution is 5.53. The van der Waals surface area contributed by atoms with E-state index in [1.165, 1.54) is 18.3 Å². The predicted octanol–water partition coefficient (Wildman–Crippen LogP) is 2.63. The number of aromatic nitrogens is 4. The van der Waals surface area contributed by atoms with E-state index >= 15 is 0 Å². The summed E-state index contributed by atoms with van der Waals surface area (Å²) < 4.78 is 53.3. The fourth-order valence-corrected chi connectivity index (χ4v) is 2.96. The van der Waals surface area contributed by atoms with Crippen molar-refractivity contribution in [2.75, 3.05) is 19.7 Å². The average molecular weight is 440 g/mol. The van der Waals surface area contributed by atoms with Crippen molar-refractivity contribution in [2.24, 2.45) is 0 Å². The summed E-state index contributed by atoms with van der Waals surface area (Å²) in [5.74, 6) is -0.167. The highest BCUT2D eigenvalue weighted by Gasteiger charge is 2.31. The third-order valence-electron chi connectivity index (χ3n) is 4.37. The van der Waals surface area contributed by atoms with E-state index in [2.05, 4.69) is 19.9 Å². The highest BCUT2D eigenvalue weighted by Crippen LogP contribution is 2.26. The minimum absolute atomic E-state index is 0.157. The fraction of sp³-hybridized carbons (Fsp3) is 0.353. The Hall–Kier alpha value is -3.68. The Morgan fingerprint density at radius 1 is 1.16 bits per heavy atom. The standard InChI is InChI=1S/C17H15F3N6O5/c18-17(19,20)31-12-3-1-11(2-4-12)15-23-22-14(30-15)10-24-5-6-25-9-13(26(27)28)21-16(25)29-8-7-24/h1-4,9H,5-8,10H2. The normalized spacial score (nSPS) is 14.9. The highest BCUT2D eigenvalue weighted by atomic mass is 19.4. The van der Waals surface area contributed by atoms with Gasteiger partial charge in [0.05, 0.1) is 6.54 Å². The largest absolute Gasteiger partial charge is 0.573 e. The molecule has 3 heterocycles. The molecule has 0 saturated heterocycles. The predicted molar refractivity (Wildman–Crippen MR) is 96.1 cm³/mol. The van der Waals surface area contributed by atoms with E-state index in [4.69, 9.17) is 9.15 Å². The molecule has 4 rings (SSSR count). The number of nitro groups is 1. The SMILES string of the molecule is O=[N+]([O-])c1cn2c(n1)OCCN(Cc1nnc(-c3ccc(OC(F)(F)F)cc3)o1)CC2. The van der Waals surface area contributed by atoms with Crippen LogP contribution in [0.5, 0.6) is 11.8 Å². The Balaban J connectivity index is 1.39. The second kappa shape index (κ2) is 8.22. The van der Waals surface area contributed by atoms with E-state index < -0.39 is 11.3 Å². The van der Waals surface area contributed by atoms with Gasteiger partial charge in [0.1, 0.15) is 18.6 Å². The summed E-state index contributed by atoms with van der Waals surface area (Å²) in [5.41, 5.74) is 0.444. The minimum atomic E-state index is -4.77. The minimum Gasteiger partial charge on any atom is -0.444 e. The molecule has 0 unspecified atom stereocenters. The quantitative estimate of drug-likeness (QED) is 0.435. The first-order valence-corrected chi connectivity index (χ1v) is 9.02. The van der Waals surface area contributed by atoms with Crippen LogP contribution in [0, 0.1) is 10.1 Å².